The molecule has 1 heterocycles. The first-order valence-corrected chi connectivity index (χ1v) is 10.1. The van der Waals surface area contributed by atoms with Crippen molar-refractivity contribution in [3.05, 3.63) is 76.7 Å². The first kappa shape index (κ1) is 18.2. The average molecular weight is 387 g/mol. The molecule has 2 aromatic carbocycles. The lowest BCUT2D eigenvalue weighted by atomic mass is 10.0. The van der Waals surface area contributed by atoms with Crippen molar-refractivity contribution in [1.82, 2.24) is 0 Å². The van der Waals surface area contributed by atoms with Crippen LogP contribution in [0, 0.1) is 6.92 Å². The van der Waals surface area contributed by atoms with Crippen LogP contribution in [0.4, 0.5) is 5.69 Å². The highest BCUT2D eigenvalue weighted by atomic mass is 32.2. The van der Waals surface area contributed by atoms with E-state index in [0.29, 0.717) is 11.3 Å². The predicted molar refractivity (Wildman–Crippen MR) is 103 cm³/mol. The number of hydrogen-bond acceptors (Lipinski definition) is 5. The Morgan fingerprint density at radius 2 is 1.69 bits per heavy atom. The zero-order valence-corrected chi connectivity index (χ0v) is 15.9. The van der Waals surface area contributed by atoms with Gasteiger partial charge >= 0.3 is 0 Å². The number of ketones is 1. The minimum Gasteiger partial charge on any atom is -0.497 e. The molecule has 0 bridgehead atoms. The van der Waals surface area contributed by atoms with E-state index in [4.69, 9.17) is 4.74 Å². The zero-order valence-electron chi connectivity index (χ0n) is 14.2. The summed E-state index contributed by atoms with van der Waals surface area (Å²) in [5, 5.41) is 0. The average Bonchev–Trinajstić information content (AvgIpc) is 3.09. The molecule has 7 heteroatoms. The molecule has 0 amide bonds. The molecule has 26 heavy (non-hydrogen) atoms. The van der Waals surface area contributed by atoms with E-state index in [1.807, 2.05) is 6.92 Å². The summed E-state index contributed by atoms with van der Waals surface area (Å²) in [5.74, 6) is 0.372. The molecule has 0 saturated carbocycles. The van der Waals surface area contributed by atoms with Crippen LogP contribution in [0.1, 0.15) is 20.8 Å². The standard InChI is InChI=1S/C19H17NO4S2/c1-13-7-12-18(25-13)26(22,23)20-17-6-4-3-5-16(17)19(21)14-8-10-15(24-2)11-9-14/h3-12,20H,1-2H3. The van der Waals surface area contributed by atoms with E-state index in [2.05, 4.69) is 4.72 Å². The minimum atomic E-state index is -3.75. The highest BCUT2D eigenvalue weighted by Gasteiger charge is 2.20. The van der Waals surface area contributed by atoms with Crippen molar-refractivity contribution in [3.8, 4) is 5.75 Å². The molecule has 0 fully saturated rings. The number of aryl methyl sites for hydroxylation is 1. The second-order valence-corrected chi connectivity index (χ2v) is 8.77. The Labute approximate surface area is 156 Å². The van der Waals surface area contributed by atoms with Crippen LogP contribution in [-0.2, 0) is 10.0 Å². The predicted octanol–water partition coefficient (Wildman–Crippen LogP) is 4.10. The lowest BCUT2D eigenvalue weighted by Crippen LogP contribution is -2.15. The second kappa shape index (κ2) is 7.31. The van der Waals surface area contributed by atoms with Crippen molar-refractivity contribution in [3.63, 3.8) is 0 Å². The summed E-state index contributed by atoms with van der Waals surface area (Å²) in [6.45, 7) is 1.84. The van der Waals surface area contributed by atoms with Gasteiger partial charge in [-0.15, -0.1) is 11.3 Å². The number of para-hydroxylation sites is 1. The number of ether oxygens (including phenoxy) is 1. The molecule has 0 aliphatic carbocycles. The van der Waals surface area contributed by atoms with Crippen molar-refractivity contribution in [1.29, 1.82) is 0 Å². The van der Waals surface area contributed by atoms with E-state index < -0.39 is 10.0 Å². The summed E-state index contributed by atoms with van der Waals surface area (Å²) >= 11 is 1.18. The van der Waals surface area contributed by atoms with Crippen molar-refractivity contribution < 1.29 is 17.9 Å². The largest absolute Gasteiger partial charge is 0.497 e. The van der Waals surface area contributed by atoms with E-state index in [1.165, 1.54) is 11.3 Å². The highest BCUT2D eigenvalue weighted by molar-refractivity contribution is 7.94. The van der Waals surface area contributed by atoms with Gasteiger partial charge in [-0.05, 0) is 55.5 Å². The third kappa shape index (κ3) is 3.79. The summed E-state index contributed by atoms with van der Waals surface area (Å²) in [6, 6.07) is 16.5. The molecule has 5 nitrogen and oxygen atoms in total. The Morgan fingerprint density at radius 1 is 1.00 bits per heavy atom. The molecule has 1 N–H and O–H groups in total. The first-order valence-electron chi connectivity index (χ1n) is 7.78. The van der Waals surface area contributed by atoms with Crippen molar-refractivity contribution in [2.45, 2.75) is 11.1 Å². The molecule has 0 atom stereocenters. The van der Waals surface area contributed by atoms with Gasteiger partial charge in [0.1, 0.15) is 9.96 Å². The van der Waals surface area contributed by atoms with Crippen LogP contribution in [0.2, 0.25) is 0 Å². The van der Waals surface area contributed by atoms with Crippen molar-refractivity contribution >= 4 is 32.8 Å². The van der Waals surface area contributed by atoms with Crippen LogP contribution in [-0.4, -0.2) is 21.3 Å². The Balaban J connectivity index is 1.94. The van der Waals surface area contributed by atoms with Crippen LogP contribution >= 0.6 is 11.3 Å². The maximum absolute atomic E-state index is 12.8. The van der Waals surface area contributed by atoms with Gasteiger partial charge in [-0.25, -0.2) is 8.42 Å². The lowest BCUT2D eigenvalue weighted by Gasteiger charge is -2.11. The summed E-state index contributed by atoms with van der Waals surface area (Å²) < 4.78 is 33.0. The highest BCUT2D eigenvalue weighted by Crippen LogP contribution is 2.26. The van der Waals surface area contributed by atoms with Crippen LogP contribution in [0.5, 0.6) is 5.75 Å². The van der Waals surface area contributed by atoms with Crippen LogP contribution in [0.15, 0.2) is 64.9 Å². The number of carbonyl (C=O) groups excluding carboxylic acids is 1. The molecule has 134 valence electrons. The van der Waals surface area contributed by atoms with E-state index in [9.17, 15) is 13.2 Å². The zero-order chi connectivity index (χ0) is 18.7. The van der Waals surface area contributed by atoms with E-state index in [-0.39, 0.29) is 21.2 Å². The molecule has 0 spiro atoms. The fraction of sp³-hybridized carbons (Fsp3) is 0.105. The number of methoxy groups -OCH3 is 1. The van der Waals surface area contributed by atoms with Gasteiger partial charge in [0.15, 0.2) is 5.78 Å². The van der Waals surface area contributed by atoms with Gasteiger partial charge in [0, 0.05) is 16.0 Å². The first-order chi connectivity index (χ1) is 12.4. The lowest BCUT2D eigenvalue weighted by molar-refractivity contribution is 0.103. The molecule has 1 aromatic heterocycles. The number of hydrogen-bond donors (Lipinski definition) is 1. The second-order valence-electron chi connectivity index (χ2n) is 5.57. The Hall–Kier alpha value is -2.64. The third-order valence-electron chi connectivity index (χ3n) is 3.75. The Bertz CT molecular complexity index is 1040. The summed E-state index contributed by atoms with van der Waals surface area (Å²) in [6.07, 6.45) is 0. The van der Waals surface area contributed by atoms with Crippen LogP contribution < -0.4 is 9.46 Å². The van der Waals surface area contributed by atoms with Gasteiger partial charge in [0.05, 0.1) is 12.8 Å². The van der Waals surface area contributed by atoms with Gasteiger partial charge < -0.3 is 4.74 Å². The molecular formula is C19H17NO4S2. The van der Waals surface area contributed by atoms with Crippen LogP contribution in [0.3, 0.4) is 0 Å². The molecule has 0 unspecified atom stereocenters. The van der Waals surface area contributed by atoms with Gasteiger partial charge in [0.25, 0.3) is 10.0 Å². The number of sulfonamides is 1. The van der Waals surface area contributed by atoms with Crippen molar-refractivity contribution in [2.75, 3.05) is 11.8 Å². The SMILES string of the molecule is COc1ccc(C(=O)c2ccccc2NS(=O)(=O)c2ccc(C)s2)cc1. The molecule has 3 rings (SSSR count). The monoisotopic (exact) mass is 387 g/mol. The topological polar surface area (TPSA) is 72.5 Å². The summed E-state index contributed by atoms with van der Waals surface area (Å²) in [7, 11) is -2.20. The number of nitrogens with one attached hydrogen (secondary N) is 1. The number of thiophene rings is 1. The maximum atomic E-state index is 12.8. The summed E-state index contributed by atoms with van der Waals surface area (Å²) in [5.41, 5.74) is 0.985. The molecule has 0 radical (unpaired) electrons. The molecule has 3 aromatic rings. The molecule has 0 aliphatic rings. The van der Waals surface area contributed by atoms with Gasteiger partial charge in [-0.1, -0.05) is 12.1 Å². The van der Waals surface area contributed by atoms with E-state index >= 15 is 0 Å². The van der Waals surface area contributed by atoms with E-state index in [1.54, 1.807) is 67.8 Å². The number of carbonyl (C=O) groups is 1. The van der Waals surface area contributed by atoms with Gasteiger partial charge in [-0.2, -0.15) is 0 Å². The van der Waals surface area contributed by atoms with Gasteiger partial charge in [0.2, 0.25) is 0 Å². The Morgan fingerprint density at radius 3 is 2.31 bits per heavy atom. The number of anilines is 1. The molecular weight excluding hydrogens is 370 g/mol. The molecule has 0 saturated heterocycles. The maximum Gasteiger partial charge on any atom is 0.271 e. The van der Waals surface area contributed by atoms with Crippen molar-refractivity contribution in [2.24, 2.45) is 0 Å². The Kier molecular flexibility index (Phi) is 5.11. The minimum absolute atomic E-state index is 0.210. The quantitative estimate of drug-likeness (QED) is 0.647. The third-order valence-corrected chi connectivity index (χ3v) is 6.61. The number of benzene rings is 2. The fourth-order valence-electron chi connectivity index (χ4n) is 2.42. The van der Waals surface area contributed by atoms with Crippen LogP contribution in [0.25, 0.3) is 0 Å². The summed E-state index contributed by atoms with van der Waals surface area (Å²) in [4.78, 5) is 13.7. The fourth-order valence-corrected chi connectivity index (χ4v) is 4.78. The normalized spacial score (nSPS) is 11.2. The number of rotatable bonds is 6. The smallest absolute Gasteiger partial charge is 0.271 e. The van der Waals surface area contributed by atoms with Gasteiger partial charge in [-0.3, -0.25) is 9.52 Å². The molecule has 0 aliphatic heterocycles. The van der Waals surface area contributed by atoms with E-state index in [0.717, 1.165) is 4.88 Å².